The van der Waals surface area contributed by atoms with Crippen LogP contribution in [0.1, 0.15) is 43.9 Å². The van der Waals surface area contributed by atoms with E-state index < -0.39 is 0 Å². The molecule has 8 nitrogen and oxygen atoms in total. The molecule has 0 saturated heterocycles. The predicted octanol–water partition coefficient (Wildman–Crippen LogP) is 5.40. The number of carbonyl (C=O) groups excluding carboxylic acids is 2. The molecule has 212 valence electrons. The molecule has 0 unspecified atom stereocenters. The van der Waals surface area contributed by atoms with Crippen LogP contribution in [0.2, 0.25) is 0 Å². The van der Waals surface area contributed by atoms with Gasteiger partial charge >= 0.3 is 5.97 Å². The number of amides is 1. The van der Waals surface area contributed by atoms with E-state index in [9.17, 15) is 9.59 Å². The zero-order valence-electron chi connectivity index (χ0n) is 24.2. The Balaban J connectivity index is 1.68. The number of esters is 1. The van der Waals surface area contributed by atoms with Crippen LogP contribution in [0, 0.1) is 17.2 Å². The Labute approximate surface area is 241 Å². The van der Waals surface area contributed by atoms with E-state index in [1.807, 2.05) is 39.8 Å². The summed E-state index contributed by atoms with van der Waals surface area (Å²) in [6.07, 6.45) is 4.29. The highest BCUT2D eigenvalue weighted by molar-refractivity contribution is 5.91. The second-order valence-corrected chi connectivity index (χ2v) is 10.4. The lowest BCUT2D eigenvalue weighted by Crippen LogP contribution is -2.51. The van der Waals surface area contributed by atoms with E-state index >= 15 is 0 Å². The van der Waals surface area contributed by atoms with Crippen molar-refractivity contribution in [2.45, 2.75) is 46.3 Å². The number of nitriles is 1. The predicted molar refractivity (Wildman–Crippen MR) is 160 cm³/mol. The monoisotopic (exact) mass is 551 g/mol. The number of imidazole rings is 1. The van der Waals surface area contributed by atoms with Crippen molar-refractivity contribution in [3.8, 4) is 6.07 Å². The molecule has 0 fully saturated rings. The summed E-state index contributed by atoms with van der Waals surface area (Å²) < 4.78 is 7.01. The van der Waals surface area contributed by atoms with Crippen LogP contribution >= 0.6 is 0 Å². The first-order valence-electron chi connectivity index (χ1n) is 13.9. The molecule has 0 aliphatic heterocycles. The summed E-state index contributed by atoms with van der Waals surface area (Å²) in [4.78, 5) is 34.2. The highest BCUT2D eigenvalue weighted by Crippen LogP contribution is 2.27. The van der Waals surface area contributed by atoms with E-state index in [1.165, 1.54) is 7.11 Å². The fourth-order valence-electron chi connectivity index (χ4n) is 5.24. The maximum absolute atomic E-state index is 13.3. The minimum atomic E-state index is -0.326. The second kappa shape index (κ2) is 13.7. The molecule has 4 aromatic rings. The zero-order valence-corrected chi connectivity index (χ0v) is 24.2. The van der Waals surface area contributed by atoms with Gasteiger partial charge in [-0.15, -0.1) is 0 Å². The Kier molecular flexibility index (Phi) is 9.88. The van der Waals surface area contributed by atoms with E-state index in [0.717, 1.165) is 28.3 Å². The van der Waals surface area contributed by atoms with Gasteiger partial charge in [-0.05, 0) is 39.9 Å². The van der Waals surface area contributed by atoms with Crippen molar-refractivity contribution >= 4 is 28.5 Å². The van der Waals surface area contributed by atoms with Crippen LogP contribution in [0.5, 0.6) is 0 Å². The van der Waals surface area contributed by atoms with Crippen LogP contribution in [0.3, 0.4) is 0 Å². The van der Waals surface area contributed by atoms with Crippen LogP contribution in [0.25, 0.3) is 10.8 Å². The lowest BCUT2D eigenvalue weighted by Gasteiger charge is -2.38. The van der Waals surface area contributed by atoms with Gasteiger partial charge < -0.3 is 9.30 Å². The van der Waals surface area contributed by atoms with Gasteiger partial charge in [-0.1, -0.05) is 74.9 Å². The van der Waals surface area contributed by atoms with Gasteiger partial charge in [-0.25, -0.2) is 4.98 Å². The van der Waals surface area contributed by atoms with Crippen molar-refractivity contribution in [2.24, 2.45) is 5.92 Å². The largest absolute Gasteiger partial charge is 0.468 e. The van der Waals surface area contributed by atoms with E-state index in [-0.39, 0.29) is 30.4 Å². The SMILES string of the molecule is CC[C@H](C)[C@@H](CN(CC(=O)OC)Cc1cccc2ccccc12)N(C(C)=O)c1cncn1Cc1ccc(C#N)cc1. The molecule has 41 heavy (non-hydrogen) atoms. The summed E-state index contributed by atoms with van der Waals surface area (Å²) in [5, 5.41) is 11.4. The van der Waals surface area contributed by atoms with E-state index in [4.69, 9.17) is 10.00 Å². The van der Waals surface area contributed by atoms with Crippen molar-refractivity contribution in [3.63, 3.8) is 0 Å². The van der Waals surface area contributed by atoms with E-state index in [1.54, 1.807) is 31.6 Å². The molecule has 2 atom stereocenters. The lowest BCUT2D eigenvalue weighted by molar-refractivity contribution is -0.142. The van der Waals surface area contributed by atoms with Crippen LogP contribution in [-0.4, -0.2) is 52.6 Å². The summed E-state index contributed by atoms with van der Waals surface area (Å²) >= 11 is 0. The van der Waals surface area contributed by atoms with Crippen LogP contribution in [0.15, 0.2) is 79.3 Å². The number of anilines is 1. The van der Waals surface area contributed by atoms with Crippen LogP contribution in [0.4, 0.5) is 5.82 Å². The number of aromatic nitrogens is 2. The van der Waals surface area contributed by atoms with E-state index in [0.29, 0.717) is 31.0 Å². The highest BCUT2D eigenvalue weighted by Gasteiger charge is 2.32. The fourth-order valence-corrected chi connectivity index (χ4v) is 5.24. The third kappa shape index (κ3) is 7.19. The first-order chi connectivity index (χ1) is 19.8. The van der Waals surface area contributed by atoms with Crippen molar-refractivity contribution < 1.29 is 14.3 Å². The maximum atomic E-state index is 13.3. The van der Waals surface area contributed by atoms with Gasteiger partial charge in [-0.2, -0.15) is 5.26 Å². The molecule has 0 radical (unpaired) electrons. The van der Waals surface area contributed by atoms with Gasteiger partial charge in [0.1, 0.15) is 5.82 Å². The summed E-state index contributed by atoms with van der Waals surface area (Å²) in [5.41, 5.74) is 2.70. The number of nitrogens with zero attached hydrogens (tertiary/aromatic N) is 5. The lowest BCUT2D eigenvalue weighted by atomic mass is 9.96. The molecular formula is C33H37N5O3. The number of carbonyl (C=O) groups is 2. The molecular weight excluding hydrogens is 514 g/mol. The van der Waals surface area contributed by atoms with Crippen molar-refractivity contribution in [2.75, 3.05) is 25.1 Å². The molecule has 1 aromatic heterocycles. The molecule has 3 aromatic carbocycles. The molecule has 8 heteroatoms. The zero-order chi connectivity index (χ0) is 29.4. The van der Waals surface area contributed by atoms with Crippen molar-refractivity contribution in [1.82, 2.24) is 14.5 Å². The highest BCUT2D eigenvalue weighted by atomic mass is 16.5. The smallest absolute Gasteiger partial charge is 0.319 e. The van der Waals surface area contributed by atoms with Crippen molar-refractivity contribution in [1.29, 1.82) is 5.26 Å². The third-order valence-electron chi connectivity index (χ3n) is 7.64. The molecule has 0 spiro atoms. The fraction of sp³-hybridized carbons (Fsp3) is 0.333. The maximum Gasteiger partial charge on any atom is 0.319 e. The number of ether oxygens (including phenoxy) is 1. The normalized spacial score (nSPS) is 12.6. The summed E-state index contributed by atoms with van der Waals surface area (Å²) in [6, 6.07) is 23.7. The van der Waals surface area contributed by atoms with Crippen molar-refractivity contribution in [3.05, 3.63) is 95.9 Å². The van der Waals surface area contributed by atoms with Gasteiger partial charge in [0, 0.05) is 20.0 Å². The number of rotatable bonds is 12. The molecule has 0 bridgehead atoms. The third-order valence-corrected chi connectivity index (χ3v) is 7.64. The Morgan fingerprint density at radius 2 is 1.80 bits per heavy atom. The summed E-state index contributed by atoms with van der Waals surface area (Å²) in [7, 11) is 1.40. The molecule has 0 aliphatic rings. The first kappa shape index (κ1) is 29.5. The number of fused-ring (bicyclic) bond motifs is 1. The topological polar surface area (TPSA) is 91.5 Å². The van der Waals surface area contributed by atoms with E-state index in [2.05, 4.69) is 54.1 Å². The average Bonchev–Trinajstić information content (AvgIpc) is 3.43. The molecule has 4 rings (SSSR count). The van der Waals surface area contributed by atoms with Gasteiger partial charge in [0.05, 0.1) is 50.4 Å². The Hall–Kier alpha value is -4.48. The van der Waals surface area contributed by atoms with Crippen LogP contribution in [-0.2, 0) is 27.4 Å². The number of benzene rings is 3. The second-order valence-electron chi connectivity index (χ2n) is 10.4. The number of methoxy groups -OCH3 is 1. The van der Waals surface area contributed by atoms with Gasteiger partial charge in [0.25, 0.3) is 0 Å². The molecule has 0 N–H and O–H groups in total. The number of hydrogen-bond donors (Lipinski definition) is 0. The first-order valence-corrected chi connectivity index (χ1v) is 13.9. The van der Waals surface area contributed by atoms with Crippen LogP contribution < -0.4 is 4.90 Å². The van der Waals surface area contributed by atoms with Gasteiger partial charge in [0.2, 0.25) is 5.91 Å². The molecule has 1 amide bonds. The molecule has 1 heterocycles. The summed E-state index contributed by atoms with van der Waals surface area (Å²) in [6.45, 7) is 7.41. The quantitative estimate of drug-likeness (QED) is 0.219. The Morgan fingerprint density at radius 3 is 2.49 bits per heavy atom. The molecule has 0 aliphatic carbocycles. The Morgan fingerprint density at radius 1 is 1.07 bits per heavy atom. The minimum Gasteiger partial charge on any atom is -0.468 e. The standard InChI is InChI=1S/C33H37N5O3/c1-5-24(2)31(21-36(22-33(40)41-4)20-29-11-8-10-28-9-6-7-12-30(28)29)38(25(3)39)32-18-35-23-37(32)19-27-15-13-26(17-34)14-16-27/h6-16,18,23-24,31H,5,19-22H2,1-4H3/t24-,31+/m0/s1. The summed E-state index contributed by atoms with van der Waals surface area (Å²) in [5.74, 6) is 0.397. The number of hydrogen-bond acceptors (Lipinski definition) is 6. The molecule has 0 saturated carbocycles. The Bertz CT molecular complexity index is 1520. The minimum absolute atomic E-state index is 0.0972. The van der Waals surface area contributed by atoms with Gasteiger partial charge in [-0.3, -0.25) is 19.4 Å². The van der Waals surface area contributed by atoms with Gasteiger partial charge in [0.15, 0.2) is 0 Å². The average molecular weight is 552 g/mol.